The SMILES string of the molecule is O=C(c1cccnc1)C1C(c2cccc([N+](=O)[O-])c2)C2CSCN2[C@@]12C(=O)Nc1ccc(F)cc12. The maximum atomic E-state index is 14.5. The van der Waals surface area contributed by atoms with Crippen molar-refractivity contribution in [2.24, 2.45) is 5.92 Å². The van der Waals surface area contributed by atoms with Gasteiger partial charge in [0.1, 0.15) is 11.4 Å². The molecule has 0 bridgehead atoms. The van der Waals surface area contributed by atoms with Crippen LogP contribution >= 0.6 is 11.8 Å². The first-order valence-electron chi connectivity index (χ1n) is 11.1. The van der Waals surface area contributed by atoms with Crippen molar-refractivity contribution in [3.63, 3.8) is 0 Å². The molecule has 3 unspecified atom stereocenters. The minimum Gasteiger partial charge on any atom is -0.324 e. The molecule has 4 atom stereocenters. The Balaban J connectivity index is 1.63. The van der Waals surface area contributed by atoms with Crippen molar-refractivity contribution in [1.29, 1.82) is 0 Å². The number of ketones is 1. The molecule has 35 heavy (non-hydrogen) atoms. The van der Waals surface area contributed by atoms with Gasteiger partial charge in [0, 0.05) is 64.9 Å². The number of Topliss-reactive ketones (excluding diaryl/α,β-unsaturated/α-hetero) is 1. The van der Waals surface area contributed by atoms with Gasteiger partial charge in [-0.2, -0.15) is 0 Å². The largest absolute Gasteiger partial charge is 0.324 e. The second-order valence-electron chi connectivity index (χ2n) is 8.91. The molecule has 4 heterocycles. The van der Waals surface area contributed by atoms with Crippen LogP contribution in [0.1, 0.15) is 27.4 Å². The highest BCUT2D eigenvalue weighted by molar-refractivity contribution is 7.99. The molecule has 3 aliphatic heterocycles. The molecule has 1 amide bonds. The topological polar surface area (TPSA) is 105 Å². The zero-order valence-electron chi connectivity index (χ0n) is 18.3. The maximum Gasteiger partial charge on any atom is 0.269 e. The number of hydrogen-bond acceptors (Lipinski definition) is 7. The molecule has 1 aromatic heterocycles. The monoisotopic (exact) mass is 490 g/mol. The van der Waals surface area contributed by atoms with Gasteiger partial charge in [-0.3, -0.25) is 29.6 Å². The first kappa shape index (κ1) is 21.9. The van der Waals surface area contributed by atoms with Gasteiger partial charge >= 0.3 is 0 Å². The van der Waals surface area contributed by atoms with E-state index in [1.807, 2.05) is 4.90 Å². The Hall–Kier alpha value is -3.63. The lowest BCUT2D eigenvalue weighted by Gasteiger charge is -2.36. The normalized spacial score (nSPS) is 27.0. The lowest BCUT2D eigenvalue weighted by molar-refractivity contribution is -0.384. The molecule has 1 N–H and O–H groups in total. The number of aromatic nitrogens is 1. The van der Waals surface area contributed by atoms with E-state index in [1.54, 1.807) is 42.2 Å². The van der Waals surface area contributed by atoms with Crippen molar-refractivity contribution in [1.82, 2.24) is 9.88 Å². The molecule has 10 heteroatoms. The molecule has 176 valence electrons. The zero-order valence-corrected chi connectivity index (χ0v) is 19.1. The number of nitro groups is 1. The molecular weight excluding hydrogens is 471 g/mol. The molecule has 6 rings (SSSR count). The van der Waals surface area contributed by atoms with E-state index in [-0.39, 0.29) is 23.4 Å². The second-order valence-corrected chi connectivity index (χ2v) is 9.91. The number of non-ortho nitro benzene ring substituents is 1. The van der Waals surface area contributed by atoms with Crippen LogP contribution in [-0.2, 0) is 10.3 Å². The van der Waals surface area contributed by atoms with Crippen LogP contribution in [0, 0.1) is 21.8 Å². The number of amides is 1. The fourth-order valence-corrected chi connectivity index (χ4v) is 7.28. The summed E-state index contributed by atoms with van der Waals surface area (Å²) in [5, 5.41) is 14.4. The van der Waals surface area contributed by atoms with Gasteiger partial charge in [0.15, 0.2) is 5.78 Å². The Morgan fingerprint density at radius 2 is 2.09 bits per heavy atom. The second kappa shape index (κ2) is 7.96. The molecule has 2 aromatic carbocycles. The van der Waals surface area contributed by atoms with Crippen LogP contribution in [0.15, 0.2) is 67.0 Å². The van der Waals surface area contributed by atoms with E-state index in [0.717, 1.165) is 0 Å². The molecule has 0 radical (unpaired) electrons. The number of benzene rings is 2. The standard InChI is InChI=1S/C25H19FN4O4S/c26-16-6-7-19-18(10-16)25(24(32)28-19)22(23(31)15-4-2-8-27-11-15)21(20-12-35-13-29(20)25)14-3-1-5-17(9-14)30(33)34/h1-11,20-22H,12-13H2,(H,28,32)/t20?,21?,22?,25-/m1/s1. The maximum absolute atomic E-state index is 14.5. The van der Waals surface area contributed by atoms with Crippen LogP contribution in [0.4, 0.5) is 15.8 Å². The summed E-state index contributed by atoms with van der Waals surface area (Å²) in [6.45, 7) is 0. The van der Waals surface area contributed by atoms with Crippen molar-refractivity contribution in [2.45, 2.75) is 17.5 Å². The van der Waals surface area contributed by atoms with Crippen molar-refractivity contribution < 1.29 is 18.9 Å². The predicted molar refractivity (Wildman–Crippen MR) is 128 cm³/mol. The van der Waals surface area contributed by atoms with Gasteiger partial charge in [0.25, 0.3) is 5.69 Å². The molecule has 3 aliphatic rings. The van der Waals surface area contributed by atoms with Gasteiger partial charge in [-0.1, -0.05) is 12.1 Å². The predicted octanol–water partition coefficient (Wildman–Crippen LogP) is 3.95. The number of halogens is 1. The van der Waals surface area contributed by atoms with Crippen molar-refractivity contribution in [2.75, 3.05) is 16.9 Å². The van der Waals surface area contributed by atoms with Crippen LogP contribution in [-0.4, -0.2) is 44.2 Å². The highest BCUT2D eigenvalue weighted by atomic mass is 32.2. The van der Waals surface area contributed by atoms with Crippen LogP contribution in [0.2, 0.25) is 0 Å². The number of nitro benzene ring substituents is 1. The number of carbonyl (C=O) groups excluding carboxylic acids is 2. The van der Waals surface area contributed by atoms with Crippen LogP contribution in [0.25, 0.3) is 0 Å². The van der Waals surface area contributed by atoms with E-state index in [2.05, 4.69) is 10.3 Å². The van der Waals surface area contributed by atoms with Crippen molar-refractivity contribution in [3.8, 4) is 0 Å². The highest BCUT2D eigenvalue weighted by Crippen LogP contribution is 2.61. The molecule has 1 spiro atoms. The van der Waals surface area contributed by atoms with E-state index >= 15 is 0 Å². The summed E-state index contributed by atoms with van der Waals surface area (Å²) < 4.78 is 14.5. The smallest absolute Gasteiger partial charge is 0.269 e. The number of hydrogen-bond donors (Lipinski definition) is 1. The number of nitrogens with one attached hydrogen (secondary N) is 1. The van der Waals surface area contributed by atoms with Crippen LogP contribution in [0.5, 0.6) is 0 Å². The average Bonchev–Trinajstić information content (AvgIpc) is 3.52. The van der Waals surface area contributed by atoms with E-state index < -0.39 is 28.1 Å². The Morgan fingerprint density at radius 3 is 2.86 bits per heavy atom. The molecule has 3 aromatic rings. The third-order valence-corrected chi connectivity index (χ3v) is 8.32. The van der Waals surface area contributed by atoms with Gasteiger partial charge in [-0.05, 0) is 35.9 Å². The number of thioether (sulfide) groups is 1. The first-order chi connectivity index (χ1) is 16.9. The summed E-state index contributed by atoms with van der Waals surface area (Å²) in [5.74, 6) is -1.57. The van der Waals surface area contributed by atoms with Crippen LogP contribution in [0.3, 0.4) is 0 Å². The number of rotatable bonds is 4. The summed E-state index contributed by atoms with van der Waals surface area (Å²) in [4.78, 5) is 45.2. The summed E-state index contributed by atoms with van der Waals surface area (Å²) in [5.41, 5.74) is 0.289. The molecule has 2 fully saturated rings. The lowest BCUT2D eigenvalue weighted by atomic mass is 9.69. The number of anilines is 1. The van der Waals surface area contributed by atoms with Crippen molar-refractivity contribution in [3.05, 3.63) is 99.6 Å². The highest BCUT2D eigenvalue weighted by Gasteiger charge is 2.69. The summed E-state index contributed by atoms with van der Waals surface area (Å²) in [7, 11) is 0. The number of pyridine rings is 1. The minimum atomic E-state index is -1.45. The van der Waals surface area contributed by atoms with E-state index in [0.29, 0.717) is 34.0 Å². The minimum absolute atomic E-state index is 0.0875. The van der Waals surface area contributed by atoms with Crippen LogP contribution < -0.4 is 5.32 Å². The third kappa shape index (κ3) is 3.06. The summed E-state index contributed by atoms with van der Waals surface area (Å²) in [6, 6.07) is 13.4. The summed E-state index contributed by atoms with van der Waals surface area (Å²) >= 11 is 1.62. The van der Waals surface area contributed by atoms with Crippen molar-refractivity contribution >= 4 is 34.8 Å². The number of nitrogens with zero attached hydrogens (tertiary/aromatic N) is 3. The fraction of sp³-hybridized carbons (Fsp3) is 0.240. The average molecular weight is 491 g/mol. The molecule has 0 aliphatic carbocycles. The fourth-order valence-electron chi connectivity index (χ4n) is 5.95. The quantitative estimate of drug-likeness (QED) is 0.335. The van der Waals surface area contributed by atoms with E-state index in [1.165, 1.54) is 36.5 Å². The van der Waals surface area contributed by atoms with E-state index in [9.17, 15) is 24.1 Å². The Bertz CT molecular complexity index is 1390. The molecule has 8 nitrogen and oxygen atoms in total. The van der Waals surface area contributed by atoms with Gasteiger partial charge < -0.3 is 5.32 Å². The number of fused-ring (bicyclic) bond motifs is 4. The molecule has 2 saturated heterocycles. The lowest BCUT2D eigenvalue weighted by Crippen LogP contribution is -2.52. The summed E-state index contributed by atoms with van der Waals surface area (Å²) in [6.07, 6.45) is 3.01. The molecular formula is C25H19FN4O4S. The van der Waals surface area contributed by atoms with Gasteiger partial charge in [0.05, 0.1) is 10.8 Å². The zero-order chi connectivity index (χ0) is 24.3. The Kier molecular flexibility index (Phi) is 4.97. The van der Waals surface area contributed by atoms with Gasteiger partial charge in [0.2, 0.25) is 5.91 Å². The first-order valence-corrected chi connectivity index (χ1v) is 12.2. The number of carbonyl (C=O) groups is 2. The van der Waals surface area contributed by atoms with Gasteiger partial charge in [-0.25, -0.2) is 4.39 Å². The molecule has 0 saturated carbocycles. The Morgan fingerprint density at radius 1 is 1.23 bits per heavy atom. The third-order valence-electron chi connectivity index (χ3n) is 7.28. The van der Waals surface area contributed by atoms with E-state index in [4.69, 9.17) is 0 Å². The Labute approximate surface area is 203 Å². The van der Waals surface area contributed by atoms with Gasteiger partial charge in [-0.15, -0.1) is 11.8 Å².